The van der Waals surface area contributed by atoms with E-state index in [4.69, 9.17) is 0 Å². The summed E-state index contributed by atoms with van der Waals surface area (Å²) in [4.78, 5) is 43.0. The van der Waals surface area contributed by atoms with Crippen LogP contribution in [0.1, 0.15) is 127 Å². The van der Waals surface area contributed by atoms with E-state index in [0.717, 1.165) is 58.1 Å². The quantitative estimate of drug-likeness (QED) is 0.0882. The Hall–Kier alpha value is -4.08. The van der Waals surface area contributed by atoms with Crippen molar-refractivity contribution in [2.24, 2.45) is 0 Å². The molecule has 0 radical (unpaired) electrons. The number of unbranched alkanes of at least 4 members (excludes halogenated alkanes) is 10. The molecule has 8 rings (SSSR count). The average Bonchev–Trinajstić information content (AvgIpc) is 4.09. The summed E-state index contributed by atoms with van der Waals surface area (Å²) in [5.74, 6) is -0.0247. The van der Waals surface area contributed by atoms with Gasteiger partial charge < -0.3 is 9.80 Å². The van der Waals surface area contributed by atoms with Crippen LogP contribution in [-0.4, -0.2) is 34.7 Å². The molecule has 6 heterocycles. The number of rotatable bonds is 19. The fraction of sp³-hybridized carbons (Fsp3) is 0.373. The van der Waals surface area contributed by atoms with Gasteiger partial charge in [-0.1, -0.05) is 115 Å². The van der Waals surface area contributed by atoms with Gasteiger partial charge in [-0.15, -0.1) is 45.3 Å². The summed E-state index contributed by atoms with van der Waals surface area (Å²) < 4.78 is 0. The van der Waals surface area contributed by atoms with Crippen molar-refractivity contribution in [3.8, 4) is 9.75 Å². The number of allylic oxidation sites excluding steroid dienone is 10. The first-order valence-electron chi connectivity index (χ1n) is 21.8. The van der Waals surface area contributed by atoms with Gasteiger partial charge in [-0.25, -0.2) is 0 Å². The highest BCUT2D eigenvalue weighted by molar-refractivity contribution is 7.23. The number of thiophene rings is 4. The van der Waals surface area contributed by atoms with E-state index in [1.54, 1.807) is 22.7 Å². The van der Waals surface area contributed by atoms with Gasteiger partial charge >= 0.3 is 0 Å². The molecule has 0 saturated heterocycles. The first-order chi connectivity index (χ1) is 28.9. The third-order valence-electron chi connectivity index (χ3n) is 11.8. The maximum Gasteiger partial charge on any atom is 0.261 e. The van der Waals surface area contributed by atoms with Crippen LogP contribution in [0.25, 0.3) is 32.3 Å². The first-order valence-corrected chi connectivity index (χ1v) is 25.1. The van der Waals surface area contributed by atoms with Crippen molar-refractivity contribution in [2.75, 3.05) is 13.1 Å². The Morgan fingerprint density at radius 2 is 0.983 bits per heavy atom. The zero-order valence-corrected chi connectivity index (χ0v) is 38.3. The fourth-order valence-corrected chi connectivity index (χ4v) is 12.8. The molecule has 0 spiro atoms. The van der Waals surface area contributed by atoms with E-state index in [-0.39, 0.29) is 11.8 Å². The molecule has 2 aliphatic heterocycles. The van der Waals surface area contributed by atoms with Gasteiger partial charge in [0.1, 0.15) is 0 Å². The molecule has 59 heavy (non-hydrogen) atoms. The highest BCUT2D eigenvalue weighted by atomic mass is 32.1. The van der Waals surface area contributed by atoms with Crippen LogP contribution in [0.4, 0.5) is 0 Å². The molecular weight excluding hydrogens is 801 g/mol. The van der Waals surface area contributed by atoms with E-state index < -0.39 is 0 Å². The lowest BCUT2D eigenvalue weighted by atomic mass is 9.97. The molecule has 2 bridgehead atoms. The van der Waals surface area contributed by atoms with Crippen LogP contribution in [0.3, 0.4) is 0 Å². The third kappa shape index (κ3) is 8.88. The van der Waals surface area contributed by atoms with E-state index in [0.29, 0.717) is 24.2 Å². The Balaban J connectivity index is 1.10. The van der Waals surface area contributed by atoms with Crippen molar-refractivity contribution in [3.63, 3.8) is 0 Å². The van der Waals surface area contributed by atoms with Gasteiger partial charge in [0.05, 0.1) is 32.3 Å². The minimum Gasteiger partial charge on any atom is -0.306 e. The van der Waals surface area contributed by atoms with Gasteiger partial charge in [0, 0.05) is 42.4 Å². The smallest absolute Gasteiger partial charge is 0.261 e. The van der Waals surface area contributed by atoms with Crippen LogP contribution < -0.4 is 0 Å². The zero-order valence-electron chi connectivity index (χ0n) is 35.0. The summed E-state index contributed by atoms with van der Waals surface area (Å²) in [5, 5.41) is 0. The second kappa shape index (κ2) is 19.1. The average molecular weight is 857 g/mol. The van der Waals surface area contributed by atoms with Crippen LogP contribution in [0, 0.1) is 13.8 Å². The number of amides is 2. The van der Waals surface area contributed by atoms with E-state index in [1.807, 2.05) is 32.5 Å². The molecule has 2 aliphatic carbocycles. The number of carbonyl (C=O) groups excluding carboxylic acids is 2. The highest BCUT2D eigenvalue weighted by Crippen LogP contribution is 2.50. The van der Waals surface area contributed by atoms with Gasteiger partial charge in [0.15, 0.2) is 0 Å². The van der Waals surface area contributed by atoms with E-state index in [9.17, 15) is 9.59 Å². The number of fused-ring (bicyclic) bond motifs is 3. The summed E-state index contributed by atoms with van der Waals surface area (Å²) >= 11 is 7.07. The lowest BCUT2D eigenvalue weighted by Crippen LogP contribution is -2.30. The second-order valence-electron chi connectivity index (χ2n) is 16.2. The lowest BCUT2D eigenvalue weighted by molar-refractivity contribution is -0.124. The number of hydrogen-bond acceptors (Lipinski definition) is 6. The molecule has 4 aromatic rings. The Morgan fingerprint density at radius 3 is 1.56 bits per heavy atom. The fourth-order valence-electron chi connectivity index (χ4n) is 8.70. The highest BCUT2D eigenvalue weighted by Gasteiger charge is 2.49. The predicted octanol–water partition coefficient (Wildman–Crippen LogP) is 15.0. The molecule has 2 amide bonds. The normalized spacial score (nSPS) is 16.5. The van der Waals surface area contributed by atoms with Crippen molar-refractivity contribution in [2.45, 2.75) is 111 Å². The van der Waals surface area contributed by atoms with E-state index in [2.05, 4.69) is 113 Å². The Bertz CT molecular complexity index is 2430. The van der Waals surface area contributed by atoms with Gasteiger partial charge in [-0.3, -0.25) is 9.59 Å². The van der Waals surface area contributed by atoms with Crippen LogP contribution in [0.2, 0.25) is 0 Å². The molecule has 8 heteroatoms. The lowest BCUT2D eigenvalue weighted by Gasteiger charge is -2.24. The Kier molecular flexibility index (Phi) is 13.5. The number of hydrogen-bond donors (Lipinski definition) is 0. The summed E-state index contributed by atoms with van der Waals surface area (Å²) in [7, 11) is 0. The topological polar surface area (TPSA) is 40.6 Å². The summed E-state index contributed by atoms with van der Waals surface area (Å²) in [6.45, 7) is 10.0. The standard InChI is InChI=1S/C51H56N2O2S4/c1-5-7-9-11-13-15-31-52-48(44-26-24-35(4)57-44)46-47(51(52)55)49(53(50(46)54)32-16-14-12-10-8-6-2)45-30-29-43(59-45)42-28-27-41(58-42)39-22-18-19-36-33-37(39)20-17-21-38(36)40-25-23-34(3)56-40/h17-30H,5-16,31-33H2,1-4H3. The molecule has 0 fully saturated rings. The van der Waals surface area contributed by atoms with Crippen molar-refractivity contribution < 1.29 is 9.59 Å². The second-order valence-corrected chi connectivity index (χ2v) is 20.9. The van der Waals surface area contributed by atoms with Crippen molar-refractivity contribution in [1.29, 1.82) is 0 Å². The number of nitrogens with zero attached hydrogens (tertiary/aromatic N) is 2. The van der Waals surface area contributed by atoms with Gasteiger partial charge in [0.2, 0.25) is 0 Å². The molecule has 4 aliphatic rings. The molecule has 0 atom stereocenters. The van der Waals surface area contributed by atoms with Gasteiger partial charge in [-0.05, 0) is 104 Å². The third-order valence-corrected chi connectivity index (χ3v) is 16.2. The molecule has 4 nitrogen and oxygen atoms in total. The predicted molar refractivity (Wildman–Crippen MR) is 256 cm³/mol. The SMILES string of the molecule is CCCCCCCCN1C(=O)C2=C(c3ccc(-c4ccc(C5=CC=CC6=C(c7ccc(C)s7)C=CC=C5C6)s4)s3)N(CCCCCCCC)C(=O)C2=C1c1ccc(C)s1. The van der Waals surface area contributed by atoms with E-state index >= 15 is 0 Å². The Morgan fingerprint density at radius 1 is 0.508 bits per heavy atom. The van der Waals surface area contributed by atoms with Gasteiger partial charge in [0.25, 0.3) is 11.8 Å². The van der Waals surface area contributed by atoms with Crippen LogP contribution >= 0.6 is 45.3 Å². The molecule has 0 unspecified atom stereocenters. The van der Waals surface area contributed by atoms with E-state index in [1.165, 1.54) is 98.0 Å². The minimum atomic E-state index is -0.0124. The Labute approximate surface area is 367 Å². The summed E-state index contributed by atoms with van der Waals surface area (Å²) in [6.07, 6.45) is 28.2. The van der Waals surface area contributed by atoms with Crippen LogP contribution in [0.15, 0.2) is 107 Å². The maximum atomic E-state index is 14.8. The van der Waals surface area contributed by atoms with Crippen LogP contribution in [0.5, 0.6) is 0 Å². The molecule has 0 N–H and O–H groups in total. The number of aryl methyl sites for hydroxylation is 2. The molecular formula is C51H56N2O2S4. The minimum absolute atomic E-state index is 0.0124. The molecule has 0 saturated carbocycles. The molecule has 4 aromatic heterocycles. The van der Waals surface area contributed by atoms with Crippen molar-refractivity contribution >= 4 is 79.7 Å². The molecule has 306 valence electrons. The largest absolute Gasteiger partial charge is 0.306 e. The maximum absolute atomic E-state index is 14.8. The number of carbonyl (C=O) groups is 2. The first kappa shape index (κ1) is 41.6. The summed E-state index contributed by atoms with van der Waals surface area (Å²) in [5.41, 5.74) is 8.12. The zero-order chi connectivity index (χ0) is 40.9. The monoisotopic (exact) mass is 856 g/mol. The summed E-state index contributed by atoms with van der Waals surface area (Å²) in [6, 6.07) is 17.5. The van der Waals surface area contributed by atoms with Gasteiger partial charge in [-0.2, -0.15) is 0 Å². The van der Waals surface area contributed by atoms with Crippen LogP contribution in [-0.2, 0) is 9.59 Å². The van der Waals surface area contributed by atoms with Crippen molar-refractivity contribution in [1.82, 2.24) is 9.80 Å². The van der Waals surface area contributed by atoms with Crippen molar-refractivity contribution in [3.05, 3.63) is 137 Å². The molecule has 0 aromatic carbocycles.